The Labute approximate surface area is 116 Å². The molecule has 2 nitrogen and oxygen atoms in total. The van der Waals surface area contributed by atoms with Crippen LogP contribution in [0.25, 0.3) is 0 Å². The van der Waals surface area contributed by atoms with Crippen LogP contribution in [0.15, 0.2) is 18.3 Å². The van der Waals surface area contributed by atoms with Crippen molar-refractivity contribution in [3.8, 4) is 0 Å². The average Bonchev–Trinajstić information content (AvgIpc) is 2.27. The fraction of sp³-hybridized carbons (Fsp3) is 0.667. The van der Waals surface area contributed by atoms with Crippen molar-refractivity contribution in [2.75, 3.05) is 6.54 Å². The first kappa shape index (κ1) is 15.5. The molecule has 0 spiro atoms. The quantitative estimate of drug-likeness (QED) is 0.815. The summed E-state index contributed by atoms with van der Waals surface area (Å²) in [5.41, 5.74) is 1.50. The van der Waals surface area contributed by atoms with Crippen LogP contribution in [0.4, 0.5) is 0 Å². The average molecular weight is 269 g/mol. The molecule has 0 amide bonds. The van der Waals surface area contributed by atoms with Crippen molar-refractivity contribution in [1.29, 1.82) is 0 Å². The van der Waals surface area contributed by atoms with Crippen LogP contribution in [-0.2, 0) is 0 Å². The summed E-state index contributed by atoms with van der Waals surface area (Å²) < 4.78 is 0. The molecule has 0 aliphatic heterocycles. The minimum Gasteiger partial charge on any atom is -0.309 e. The summed E-state index contributed by atoms with van der Waals surface area (Å²) in [7, 11) is 0. The lowest BCUT2D eigenvalue weighted by Crippen LogP contribution is -2.22. The minimum atomic E-state index is 0.342. The number of nitrogens with zero attached hydrogens (tertiary/aromatic N) is 1. The van der Waals surface area contributed by atoms with E-state index < -0.39 is 0 Å². The third-order valence-corrected chi connectivity index (χ3v) is 3.20. The molecule has 0 aliphatic rings. The molecule has 102 valence electrons. The summed E-state index contributed by atoms with van der Waals surface area (Å²) in [6.07, 6.45) is 5.30. The van der Waals surface area contributed by atoms with Gasteiger partial charge in [-0.1, -0.05) is 45.7 Å². The Kier molecular flexibility index (Phi) is 6.10. The number of nitrogens with one attached hydrogen (secondary N) is 1. The molecular formula is C15H25ClN2. The van der Waals surface area contributed by atoms with E-state index in [1.807, 2.05) is 12.1 Å². The van der Waals surface area contributed by atoms with E-state index in [0.29, 0.717) is 16.5 Å². The van der Waals surface area contributed by atoms with E-state index >= 15 is 0 Å². The van der Waals surface area contributed by atoms with Gasteiger partial charge in [-0.05, 0) is 36.9 Å². The second kappa shape index (κ2) is 7.10. The minimum absolute atomic E-state index is 0.342. The molecule has 1 rings (SSSR count). The summed E-state index contributed by atoms with van der Waals surface area (Å²) >= 11 is 5.87. The number of rotatable bonds is 6. The van der Waals surface area contributed by atoms with E-state index in [9.17, 15) is 0 Å². The molecule has 0 aromatic carbocycles. The Balaban J connectivity index is 2.57. The van der Waals surface area contributed by atoms with E-state index in [1.165, 1.54) is 12.8 Å². The molecule has 1 atom stereocenters. The van der Waals surface area contributed by atoms with Gasteiger partial charge in [-0.15, -0.1) is 0 Å². The molecule has 1 aromatic heterocycles. The first-order chi connectivity index (χ1) is 8.42. The zero-order chi connectivity index (χ0) is 13.6. The lowest BCUT2D eigenvalue weighted by atomic mass is 9.88. The van der Waals surface area contributed by atoms with Gasteiger partial charge >= 0.3 is 0 Å². The number of hydrogen-bond donors (Lipinski definition) is 1. The molecule has 18 heavy (non-hydrogen) atoms. The highest BCUT2D eigenvalue weighted by Gasteiger charge is 2.14. The molecule has 0 aliphatic carbocycles. The van der Waals surface area contributed by atoms with Gasteiger partial charge in [-0.2, -0.15) is 0 Å². The van der Waals surface area contributed by atoms with Gasteiger partial charge in [0.15, 0.2) is 0 Å². The highest BCUT2D eigenvalue weighted by Crippen LogP contribution is 2.25. The number of hydrogen-bond acceptors (Lipinski definition) is 2. The van der Waals surface area contributed by atoms with Crippen LogP contribution in [0.1, 0.15) is 58.7 Å². The highest BCUT2D eigenvalue weighted by atomic mass is 35.5. The molecule has 3 heteroatoms. The standard InChI is InChI=1S/C15H25ClN2/c1-5-17-13(7-6-10-15(2,3)4)14-9-8-12(16)11-18-14/h8-9,11,13,17H,5-7,10H2,1-4H3. The molecular weight excluding hydrogens is 244 g/mol. The van der Waals surface area contributed by atoms with Crippen LogP contribution in [0.3, 0.4) is 0 Å². The van der Waals surface area contributed by atoms with Gasteiger partial charge in [0.05, 0.1) is 10.7 Å². The lowest BCUT2D eigenvalue weighted by Gasteiger charge is -2.21. The summed E-state index contributed by atoms with van der Waals surface area (Å²) in [6, 6.07) is 4.28. The van der Waals surface area contributed by atoms with Crippen molar-refractivity contribution in [2.45, 2.75) is 53.0 Å². The van der Waals surface area contributed by atoms with Gasteiger partial charge in [0.2, 0.25) is 0 Å². The Hall–Kier alpha value is -0.600. The molecule has 1 heterocycles. The van der Waals surface area contributed by atoms with Crippen molar-refractivity contribution in [3.63, 3.8) is 0 Å². The van der Waals surface area contributed by atoms with Gasteiger partial charge in [-0.25, -0.2) is 0 Å². The van der Waals surface area contributed by atoms with Gasteiger partial charge in [0.25, 0.3) is 0 Å². The normalized spacial score (nSPS) is 13.6. The molecule has 1 N–H and O–H groups in total. The second-order valence-electron chi connectivity index (χ2n) is 5.96. The van der Waals surface area contributed by atoms with Crippen molar-refractivity contribution in [1.82, 2.24) is 10.3 Å². The molecule has 1 unspecified atom stereocenters. The van der Waals surface area contributed by atoms with Gasteiger partial charge in [-0.3, -0.25) is 4.98 Å². The van der Waals surface area contributed by atoms with E-state index in [2.05, 4.69) is 38.0 Å². The molecule has 0 saturated heterocycles. The fourth-order valence-electron chi connectivity index (χ4n) is 2.03. The summed E-state index contributed by atoms with van der Waals surface area (Å²) in [5.74, 6) is 0. The van der Waals surface area contributed by atoms with Gasteiger partial charge in [0.1, 0.15) is 0 Å². The van der Waals surface area contributed by atoms with Gasteiger partial charge in [0, 0.05) is 12.2 Å². The Morgan fingerprint density at radius 1 is 1.33 bits per heavy atom. The largest absolute Gasteiger partial charge is 0.309 e. The fourth-order valence-corrected chi connectivity index (χ4v) is 2.14. The maximum Gasteiger partial charge on any atom is 0.0589 e. The van der Waals surface area contributed by atoms with E-state index in [0.717, 1.165) is 18.7 Å². The maximum absolute atomic E-state index is 5.87. The SMILES string of the molecule is CCNC(CCCC(C)(C)C)c1ccc(Cl)cn1. The third-order valence-electron chi connectivity index (χ3n) is 2.98. The predicted molar refractivity (Wildman–Crippen MR) is 79.0 cm³/mol. The molecule has 1 aromatic rings. The third kappa shape index (κ3) is 5.83. The maximum atomic E-state index is 5.87. The van der Waals surface area contributed by atoms with Crippen molar-refractivity contribution in [3.05, 3.63) is 29.0 Å². The first-order valence-corrected chi connectivity index (χ1v) is 7.15. The summed E-state index contributed by atoms with van der Waals surface area (Å²) in [6.45, 7) is 9.96. The zero-order valence-electron chi connectivity index (χ0n) is 12.0. The molecule has 0 bridgehead atoms. The van der Waals surface area contributed by atoms with Crippen LogP contribution >= 0.6 is 11.6 Å². The Morgan fingerprint density at radius 2 is 2.06 bits per heavy atom. The van der Waals surface area contributed by atoms with E-state index in [1.54, 1.807) is 6.20 Å². The Bertz CT molecular complexity index is 341. The van der Waals surface area contributed by atoms with Crippen LogP contribution in [0.5, 0.6) is 0 Å². The van der Waals surface area contributed by atoms with E-state index in [-0.39, 0.29) is 0 Å². The summed E-state index contributed by atoms with van der Waals surface area (Å²) in [5, 5.41) is 4.20. The topological polar surface area (TPSA) is 24.9 Å². The highest BCUT2D eigenvalue weighted by molar-refractivity contribution is 6.30. The van der Waals surface area contributed by atoms with Crippen molar-refractivity contribution < 1.29 is 0 Å². The summed E-state index contributed by atoms with van der Waals surface area (Å²) in [4.78, 5) is 4.42. The Morgan fingerprint density at radius 3 is 2.56 bits per heavy atom. The van der Waals surface area contributed by atoms with Crippen LogP contribution < -0.4 is 5.32 Å². The lowest BCUT2D eigenvalue weighted by molar-refractivity contribution is 0.343. The second-order valence-corrected chi connectivity index (χ2v) is 6.40. The number of aromatic nitrogens is 1. The first-order valence-electron chi connectivity index (χ1n) is 6.77. The van der Waals surface area contributed by atoms with E-state index in [4.69, 9.17) is 11.6 Å². The molecule has 0 saturated carbocycles. The van der Waals surface area contributed by atoms with Crippen LogP contribution in [0, 0.1) is 5.41 Å². The monoisotopic (exact) mass is 268 g/mol. The van der Waals surface area contributed by atoms with Gasteiger partial charge < -0.3 is 5.32 Å². The predicted octanol–water partition coefficient (Wildman–Crippen LogP) is 4.60. The van der Waals surface area contributed by atoms with Crippen LogP contribution in [0.2, 0.25) is 5.02 Å². The van der Waals surface area contributed by atoms with Crippen molar-refractivity contribution >= 4 is 11.6 Å². The number of halogens is 1. The zero-order valence-corrected chi connectivity index (χ0v) is 12.7. The molecule has 0 radical (unpaired) electrons. The van der Waals surface area contributed by atoms with Crippen LogP contribution in [-0.4, -0.2) is 11.5 Å². The number of pyridine rings is 1. The molecule has 0 fully saturated rings. The smallest absolute Gasteiger partial charge is 0.0589 e. The van der Waals surface area contributed by atoms with Crippen molar-refractivity contribution in [2.24, 2.45) is 5.41 Å².